The lowest BCUT2D eigenvalue weighted by Gasteiger charge is -2.15. The molecule has 4 aromatic rings. The van der Waals surface area contributed by atoms with Gasteiger partial charge in [0.2, 0.25) is 0 Å². The molecule has 164 valence electrons. The fourth-order valence-electron chi connectivity index (χ4n) is 3.08. The van der Waals surface area contributed by atoms with Gasteiger partial charge in [-0.25, -0.2) is 4.98 Å². The van der Waals surface area contributed by atoms with Crippen molar-refractivity contribution >= 4 is 23.1 Å². The molecule has 0 fully saturated rings. The lowest BCUT2D eigenvalue weighted by Crippen LogP contribution is -2.16. The van der Waals surface area contributed by atoms with Crippen LogP contribution in [0.25, 0.3) is 16.9 Å². The minimum absolute atomic E-state index is 0.210. The maximum absolute atomic E-state index is 13.7. The van der Waals surface area contributed by atoms with E-state index in [9.17, 15) is 28.1 Å². The molecule has 4 rings (SSSR count). The molecule has 0 aliphatic rings. The molecule has 12 heteroatoms. The van der Waals surface area contributed by atoms with Crippen molar-refractivity contribution in [1.82, 2.24) is 9.38 Å². The first-order chi connectivity index (χ1) is 15.2. The zero-order chi connectivity index (χ0) is 23.0. The van der Waals surface area contributed by atoms with Crippen molar-refractivity contribution in [2.24, 2.45) is 0 Å². The number of furan rings is 1. The van der Waals surface area contributed by atoms with Crippen molar-refractivity contribution in [3.63, 3.8) is 0 Å². The molecule has 1 N–H and O–H groups in total. The molecule has 32 heavy (non-hydrogen) atoms. The highest BCUT2D eigenvalue weighted by Gasteiger charge is 2.35. The van der Waals surface area contributed by atoms with E-state index in [2.05, 4.69) is 10.3 Å². The largest absolute Gasteiger partial charge is 0.497 e. The van der Waals surface area contributed by atoms with Gasteiger partial charge in [0, 0.05) is 17.8 Å². The second-order valence-electron chi connectivity index (χ2n) is 6.55. The number of hydrogen-bond donors (Lipinski definition) is 1. The van der Waals surface area contributed by atoms with E-state index in [0.717, 1.165) is 24.3 Å². The predicted octanol–water partition coefficient (Wildman–Crippen LogP) is 4.78. The van der Waals surface area contributed by atoms with Gasteiger partial charge in [-0.2, -0.15) is 13.2 Å². The van der Waals surface area contributed by atoms with Crippen molar-refractivity contribution in [1.29, 1.82) is 0 Å². The molecule has 0 saturated carbocycles. The average molecular weight is 446 g/mol. The summed E-state index contributed by atoms with van der Waals surface area (Å²) < 4.78 is 52.7. The summed E-state index contributed by atoms with van der Waals surface area (Å²) in [5.74, 6) is -1.71. The topological polar surface area (TPSA) is 112 Å². The Labute approximate surface area is 177 Å². The van der Waals surface area contributed by atoms with Crippen LogP contribution in [0, 0.1) is 10.1 Å². The first-order valence-corrected chi connectivity index (χ1v) is 8.95. The number of aromatic nitrogens is 2. The number of alkyl halides is 3. The van der Waals surface area contributed by atoms with Crippen molar-refractivity contribution < 1.29 is 32.0 Å². The van der Waals surface area contributed by atoms with Crippen molar-refractivity contribution in [3.05, 3.63) is 76.3 Å². The van der Waals surface area contributed by atoms with Gasteiger partial charge in [0.05, 0.1) is 36.3 Å². The fourth-order valence-corrected chi connectivity index (χ4v) is 3.08. The Balaban J connectivity index is 1.71. The third kappa shape index (κ3) is 3.85. The Bertz CT molecular complexity index is 1340. The average Bonchev–Trinajstić information content (AvgIpc) is 3.40. The van der Waals surface area contributed by atoms with Crippen LogP contribution in [0.5, 0.6) is 5.75 Å². The van der Waals surface area contributed by atoms with Gasteiger partial charge < -0.3 is 14.5 Å². The number of amides is 1. The van der Waals surface area contributed by atoms with Crippen LogP contribution in [0.4, 0.5) is 24.7 Å². The van der Waals surface area contributed by atoms with Crippen LogP contribution >= 0.6 is 0 Å². The number of benzene rings is 1. The normalized spacial score (nSPS) is 11.5. The zero-order valence-corrected chi connectivity index (χ0v) is 16.2. The number of carbonyl (C=O) groups is 1. The molecule has 9 nitrogen and oxygen atoms in total. The molecule has 0 unspecified atom stereocenters. The number of halogens is 3. The lowest BCUT2D eigenvalue weighted by atomic mass is 10.1. The van der Waals surface area contributed by atoms with Gasteiger partial charge in [-0.05, 0) is 24.3 Å². The highest BCUT2D eigenvalue weighted by atomic mass is 19.4. The summed E-state index contributed by atoms with van der Waals surface area (Å²) in [6.45, 7) is 0. The fraction of sp³-hybridized carbons (Fsp3) is 0.100. The molecular formula is C20H13F3N4O5. The molecule has 0 atom stereocenters. The van der Waals surface area contributed by atoms with Crippen LogP contribution in [0.15, 0.2) is 59.3 Å². The molecule has 1 amide bonds. The summed E-state index contributed by atoms with van der Waals surface area (Å²) in [5.41, 5.74) is -0.548. The van der Waals surface area contributed by atoms with E-state index in [0.29, 0.717) is 17.1 Å². The molecular weight excluding hydrogens is 433 g/mol. The number of rotatable bonds is 5. The number of hydrogen-bond acceptors (Lipinski definition) is 6. The number of imidazole rings is 1. The molecule has 1 aromatic carbocycles. The number of methoxy groups -OCH3 is 1. The minimum atomic E-state index is -4.79. The van der Waals surface area contributed by atoms with Crippen LogP contribution in [-0.4, -0.2) is 27.3 Å². The number of nitrogens with zero attached hydrogens (tertiary/aromatic N) is 3. The second-order valence-corrected chi connectivity index (χ2v) is 6.55. The van der Waals surface area contributed by atoms with E-state index in [4.69, 9.17) is 9.15 Å². The summed E-state index contributed by atoms with van der Waals surface area (Å²) in [4.78, 5) is 26.3. The molecule has 0 aliphatic heterocycles. The summed E-state index contributed by atoms with van der Waals surface area (Å²) in [6.07, 6.45) is -1.76. The highest BCUT2D eigenvalue weighted by molar-refractivity contribution is 6.03. The number of fused-ring (bicyclic) bond motifs is 1. The van der Waals surface area contributed by atoms with E-state index in [1.807, 2.05) is 0 Å². The van der Waals surface area contributed by atoms with Gasteiger partial charge in [0.25, 0.3) is 5.91 Å². The molecule has 0 saturated heterocycles. The third-order valence-corrected chi connectivity index (χ3v) is 4.58. The van der Waals surface area contributed by atoms with Gasteiger partial charge >= 0.3 is 12.1 Å². The Morgan fingerprint density at radius 3 is 2.66 bits per heavy atom. The number of nitro groups is 1. The maximum Gasteiger partial charge on any atom is 0.433 e. The standard InChI is InChI=1S/C20H13F3N4O5/c1-31-12-6-7-26-15(10-24-17(26)9-12)11-2-3-14(13(8-11)20(21,22)23)25-19(28)16-4-5-18(32-16)27(29)30/h2-10H,1H3,(H,25,28). The number of ether oxygens (including phenoxy) is 1. The van der Waals surface area contributed by atoms with Crippen LogP contribution in [0.3, 0.4) is 0 Å². The number of carbonyl (C=O) groups excluding carboxylic acids is 1. The lowest BCUT2D eigenvalue weighted by molar-refractivity contribution is -0.402. The van der Waals surface area contributed by atoms with E-state index >= 15 is 0 Å². The Hall–Kier alpha value is -4.35. The first kappa shape index (κ1) is 20.9. The van der Waals surface area contributed by atoms with Gasteiger partial charge in [-0.1, -0.05) is 6.07 Å². The van der Waals surface area contributed by atoms with E-state index in [1.165, 1.54) is 19.4 Å². The molecule has 3 heterocycles. The van der Waals surface area contributed by atoms with Crippen molar-refractivity contribution in [3.8, 4) is 17.0 Å². The minimum Gasteiger partial charge on any atom is -0.497 e. The quantitative estimate of drug-likeness (QED) is 0.349. The first-order valence-electron chi connectivity index (χ1n) is 8.95. The molecule has 0 radical (unpaired) electrons. The molecule has 0 bridgehead atoms. The van der Waals surface area contributed by atoms with Gasteiger partial charge in [-0.3, -0.25) is 19.3 Å². The summed E-state index contributed by atoms with van der Waals surface area (Å²) in [7, 11) is 1.49. The number of nitrogens with one attached hydrogen (secondary N) is 1. The Kier molecular flexibility index (Phi) is 5.04. The third-order valence-electron chi connectivity index (χ3n) is 4.58. The van der Waals surface area contributed by atoms with Crippen LogP contribution in [0.2, 0.25) is 0 Å². The summed E-state index contributed by atoms with van der Waals surface area (Å²) >= 11 is 0. The van der Waals surface area contributed by atoms with E-state index in [-0.39, 0.29) is 5.56 Å². The summed E-state index contributed by atoms with van der Waals surface area (Å²) in [6, 6.07) is 8.57. The Morgan fingerprint density at radius 1 is 1.22 bits per heavy atom. The maximum atomic E-state index is 13.7. The van der Waals surface area contributed by atoms with E-state index in [1.54, 1.807) is 22.7 Å². The smallest absolute Gasteiger partial charge is 0.433 e. The van der Waals surface area contributed by atoms with Crippen LogP contribution in [-0.2, 0) is 6.18 Å². The van der Waals surface area contributed by atoms with Crippen molar-refractivity contribution in [2.75, 3.05) is 12.4 Å². The Morgan fingerprint density at radius 2 is 2.00 bits per heavy atom. The molecule has 3 aromatic heterocycles. The SMILES string of the molecule is COc1ccn2c(-c3ccc(NC(=O)c4ccc([N+](=O)[O-])o4)c(C(F)(F)F)c3)cnc2c1. The zero-order valence-electron chi connectivity index (χ0n) is 16.2. The monoisotopic (exact) mass is 446 g/mol. The highest BCUT2D eigenvalue weighted by Crippen LogP contribution is 2.38. The van der Waals surface area contributed by atoms with Gasteiger partial charge in [0.15, 0.2) is 5.76 Å². The van der Waals surface area contributed by atoms with Crippen molar-refractivity contribution in [2.45, 2.75) is 6.18 Å². The van der Waals surface area contributed by atoms with Gasteiger partial charge in [-0.15, -0.1) is 0 Å². The van der Waals surface area contributed by atoms with E-state index < -0.39 is 39.9 Å². The number of pyridine rings is 1. The number of anilines is 1. The van der Waals surface area contributed by atoms with Crippen LogP contribution < -0.4 is 10.1 Å². The second kappa shape index (κ2) is 7.72. The predicted molar refractivity (Wildman–Crippen MR) is 105 cm³/mol. The molecule has 0 spiro atoms. The van der Waals surface area contributed by atoms with Gasteiger partial charge in [0.1, 0.15) is 16.3 Å². The summed E-state index contributed by atoms with van der Waals surface area (Å²) in [5, 5.41) is 12.8. The van der Waals surface area contributed by atoms with Crippen LogP contribution in [0.1, 0.15) is 16.1 Å². The molecule has 0 aliphatic carbocycles.